The van der Waals surface area contributed by atoms with Gasteiger partial charge in [-0.05, 0) is 30.5 Å². The number of rotatable bonds is 3. The molecule has 1 amide bonds. The van der Waals surface area contributed by atoms with Crippen LogP contribution in [0, 0.1) is 0 Å². The Balaban J connectivity index is 1.69. The fourth-order valence-corrected chi connectivity index (χ4v) is 5.12. The van der Waals surface area contributed by atoms with Gasteiger partial charge < -0.3 is 9.80 Å². The number of fused-ring (bicyclic) bond motifs is 1. The summed E-state index contributed by atoms with van der Waals surface area (Å²) in [7, 11) is 0. The minimum atomic E-state index is 0.207. The number of hydrogen-bond donors (Lipinski definition) is 0. The molecular weight excluding hydrogens is 356 g/mol. The van der Waals surface area contributed by atoms with Gasteiger partial charge in [0.05, 0.1) is 4.88 Å². The predicted molar refractivity (Wildman–Crippen MR) is 90.5 cm³/mol. The Kier molecular flexibility index (Phi) is 4.75. The standard InChI is InChI=1S/C14H17BrN2OS2/c15-3-6-16-4-1-5-17(8-7-16)14(18)13-10-12-11(20-13)2-9-19-12/h2,9-10H,1,3-8H2. The molecule has 0 spiro atoms. The lowest BCUT2D eigenvalue weighted by Gasteiger charge is -2.20. The van der Waals surface area contributed by atoms with Crippen molar-refractivity contribution in [2.75, 3.05) is 38.1 Å². The molecule has 6 heteroatoms. The van der Waals surface area contributed by atoms with Crippen molar-refractivity contribution < 1.29 is 4.79 Å². The average molecular weight is 373 g/mol. The van der Waals surface area contributed by atoms with Crippen LogP contribution in [0.15, 0.2) is 17.5 Å². The van der Waals surface area contributed by atoms with Crippen LogP contribution in [-0.4, -0.2) is 53.8 Å². The zero-order chi connectivity index (χ0) is 13.9. The highest BCUT2D eigenvalue weighted by Crippen LogP contribution is 2.30. The molecule has 0 saturated carbocycles. The zero-order valence-electron chi connectivity index (χ0n) is 11.2. The van der Waals surface area contributed by atoms with Gasteiger partial charge in [0.25, 0.3) is 5.91 Å². The van der Waals surface area contributed by atoms with Crippen LogP contribution in [0.4, 0.5) is 0 Å². The Morgan fingerprint density at radius 3 is 2.95 bits per heavy atom. The highest BCUT2D eigenvalue weighted by Gasteiger charge is 2.21. The van der Waals surface area contributed by atoms with E-state index in [0.29, 0.717) is 0 Å². The Labute approximate surface area is 135 Å². The molecule has 3 rings (SSSR count). The van der Waals surface area contributed by atoms with Crippen molar-refractivity contribution >= 4 is 53.9 Å². The van der Waals surface area contributed by atoms with Crippen LogP contribution in [0.1, 0.15) is 16.1 Å². The zero-order valence-corrected chi connectivity index (χ0v) is 14.4. The van der Waals surface area contributed by atoms with Gasteiger partial charge in [0.1, 0.15) is 0 Å². The Morgan fingerprint density at radius 1 is 1.25 bits per heavy atom. The molecule has 3 heterocycles. The van der Waals surface area contributed by atoms with Crippen molar-refractivity contribution in [3.63, 3.8) is 0 Å². The molecule has 0 unspecified atom stereocenters. The summed E-state index contributed by atoms with van der Waals surface area (Å²) in [6.07, 6.45) is 1.07. The molecule has 3 nitrogen and oxygen atoms in total. The van der Waals surface area contributed by atoms with Gasteiger partial charge in [-0.3, -0.25) is 4.79 Å². The van der Waals surface area contributed by atoms with Crippen molar-refractivity contribution in [1.82, 2.24) is 9.80 Å². The van der Waals surface area contributed by atoms with E-state index in [1.54, 1.807) is 22.7 Å². The molecule has 2 aromatic heterocycles. The van der Waals surface area contributed by atoms with E-state index in [1.165, 1.54) is 9.40 Å². The quantitative estimate of drug-likeness (QED) is 0.769. The minimum Gasteiger partial charge on any atom is -0.337 e. The number of carbonyl (C=O) groups is 1. The number of alkyl halides is 1. The molecule has 0 aliphatic carbocycles. The lowest BCUT2D eigenvalue weighted by atomic mass is 10.3. The molecule has 20 heavy (non-hydrogen) atoms. The minimum absolute atomic E-state index is 0.207. The molecule has 0 bridgehead atoms. The summed E-state index contributed by atoms with van der Waals surface area (Å²) in [5.41, 5.74) is 0. The Morgan fingerprint density at radius 2 is 2.15 bits per heavy atom. The second-order valence-corrected chi connectivity index (χ2v) is 7.76. The van der Waals surface area contributed by atoms with E-state index >= 15 is 0 Å². The largest absolute Gasteiger partial charge is 0.337 e. The van der Waals surface area contributed by atoms with E-state index in [2.05, 4.69) is 32.3 Å². The highest BCUT2D eigenvalue weighted by molar-refractivity contribution is 9.09. The maximum Gasteiger partial charge on any atom is 0.264 e. The van der Waals surface area contributed by atoms with Crippen LogP contribution in [0.3, 0.4) is 0 Å². The lowest BCUT2D eigenvalue weighted by molar-refractivity contribution is 0.0767. The van der Waals surface area contributed by atoms with Crippen LogP contribution >= 0.6 is 38.6 Å². The van der Waals surface area contributed by atoms with Gasteiger partial charge in [0.15, 0.2) is 0 Å². The van der Waals surface area contributed by atoms with Crippen LogP contribution < -0.4 is 0 Å². The normalized spacial score (nSPS) is 17.6. The van der Waals surface area contributed by atoms with E-state index in [0.717, 1.165) is 49.4 Å². The first kappa shape index (κ1) is 14.5. The number of amides is 1. The van der Waals surface area contributed by atoms with Crippen molar-refractivity contribution in [3.05, 3.63) is 22.4 Å². The number of nitrogens with zero attached hydrogens (tertiary/aromatic N) is 2. The second kappa shape index (κ2) is 6.56. The third-order valence-electron chi connectivity index (χ3n) is 3.63. The maximum atomic E-state index is 12.6. The van der Waals surface area contributed by atoms with Gasteiger partial charge in [0, 0.05) is 40.9 Å². The molecule has 1 aliphatic heterocycles. The van der Waals surface area contributed by atoms with E-state index in [1.807, 2.05) is 11.0 Å². The first-order valence-corrected chi connectivity index (χ1v) is 9.64. The summed E-state index contributed by atoms with van der Waals surface area (Å²) in [5.74, 6) is 0.207. The number of thiophene rings is 2. The monoisotopic (exact) mass is 372 g/mol. The van der Waals surface area contributed by atoms with E-state index in [-0.39, 0.29) is 5.91 Å². The average Bonchev–Trinajstić information content (AvgIpc) is 2.95. The molecule has 0 N–H and O–H groups in total. The van der Waals surface area contributed by atoms with Crippen molar-refractivity contribution in [2.45, 2.75) is 6.42 Å². The molecule has 0 radical (unpaired) electrons. The summed E-state index contributed by atoms with van der Waals surface area (Å²) < 4.78 is 2.46. The maximum absolute atomic E-state index is 12.6. The smallest absolute Gasteiger partial charge is 0.264 e. The van der Waals surface area contributed by atoms with Gasteiger partial charge in [-0.25, -0.2) is 0 Å². The molecular formula is C14H17BrN2OS2. The third-order valence-corrected chi connectivity index (χ3v) is 6.06. The second-order valence-electron chi connectivity index (χ2n) is 4.94. The van der Waals surface area contributed by atoms with E-state index in [4.69, 9.17) is 0 Å². The van der Waals surface area contributed by atoms with Gasteiger partial charge in [0.2, 0.25) is 0 Å². The SMILES string of the molecule is O=C(c1cc2sccc2s1)N1CCCN(CCBr)CC1. The van der Waals surface area contributed by atoms with Gasteiger partial charge >= 0.3 is 0 Å². The molecule has 0 atom stereocenters. The first-order chi connectivity index (χ1) is 9.78. The number of carbonyl (C=O) groups excluding carboxylic acids is 1. The van der Waals surface area contributed by atoms with Crippen LogP contribution in [0.5, 0.6) is 0 Å². The topological polar surface area (TPSA) is 23.6 Å². The Bertz CT molecular complexity index is 566. The summed E-state index contributed by atoms with van der Waals surface area (Å²) in [4.78, 5) is 17.9. The fourth-order valence-electron chi connectivity index (χ4n) is 2.54. The van der Waals surface area contributed by atoms with Crippen LogP contribution in [0.2, 0.25) is 0 Å². The first-order valence-electron chi connectivity index (χ1n) is 6.82. The van der Waals surface area contributed by atoms with E-state index in [9.17, 15) is 4.79 Å². The molecule has 2 aromatic rings. The van der Waals surface area contributed by atoms with Crippen LogP contribution in [0.25, 0.3) is 9.40 Å². The summed E-state index contributed by atoms with van der Waals surface area (Å²) in [6, 6.07) is 4.15. The summed E-state index contributed by atoms with van der Waals surface area (Å²) >= 11 is 6.82. The van der Waals surface area contributed by atoms with Gasteiger partial charge in [-0.2, -0.15) is 0 Å². The van der Waals surface area contributed by atoms with Gasteiger partial charge in [-0.1, -0.05) is 15.9 Å². The number of halogens is 1. The predicted octanol–water partition coefficient (Wildman–Crippen LogP) is 3.51. The van der Waals surface area contributed by atoms with Crippen molar-refractivity contribution in [1.29, 1.82) is 0 Å². The third kappa shape index (κ3) is 3.08. The molecule has 1 aliphatic rings. The Hall–Kier alpha value is -0.430. The number of hydrogen-bond acceptors (Lipinski definition) is 4. The molecule has 0 aromatic carbocycles. The van der Waals surface area contributed by atoms with Crippen molar-refractivity contribution in [3.8, 4) is 0 Å². The molecule has 1 fully saturated rings. The van der Waals surface area contributed by atoms with E-state index < -0.39 is 0 Å². The molecule has 1 saturated heterocycles. The summed E-state index contributed by atoms with van der Waals surface area (Å²) in [5, 5.41) is 3.08. The summed E-state index contributed by atoms with van der Waals surface area (Å²) in [6.45, 7) is 4.86. The lowest BCUT2D eigenvalue weighted by Crippen LogP contribution is -2.35. The molecule has 108 valence electrons. The van der Waals surface area contributed by atoms with Gasteiger partial charge in [-0.15, -0.1) is 22.7 Å². The van der Waals surface area contributed by atoms with Crippen LogP contribution in [-0.2, 0) is 0 Å². The fraction of sp³-hybridized carbons (Fsp3) is 0.500. The highest BCUT2D eigenvalue weighted by atomic mass is 79.9. The van der Waals surface area contributed by atoms with Crippen molar-refractivity contribution in [2.24, 2.45) is 0 Å².